The molecule has 120 valence electrons. The van der Waals surface area contributed by atoms with E-state index in [0.717, 1.165) is 25.7 Å². The van der Waals surface area contributed by atoms with Crippen LogP contribution in [0.5, 0.6) is 5.75 Å². The Morgan fingerprint density at radius 1 is 1.12 bits per heavy atom. The third-order valence-electron chi connectivity index (χ3n) is 3.61. The predicted octanol–water partition coefficient (Wildman–Crippen LogP) is 4.22. The topological polar surface area (TPSA) is 50.7 Å². The van der Waals surface area contributed by atoms with Crippen molar-refractivity contribution in [1.82, 2.24) is 5.43 Å². The Bertz CT molecular complexity index is 917. The van der Waals surface area contributed by atoms with Crippen LogP contribution < -0.4 is 10.2 Å². The zero-order chi connectivity index (χ0) is 16.9. The van der Waals surface area contributed by atoms with Crippen LogP contribution in [0, 0.1) is 3.57 Å². The van der Waals surface area contributed by atoms with Gasteiger partial charge in [-0.3, -0.25) is 4.79 Å². The van der Waals surface area contributed by atoms with Crippen LogP contribution in [0.15, 0.2) is 65.8 Å². The lowest BCUT2D eigenvalue weighted by Gasteiger charge is -2.05. The molecule has 1 N–H and O–H groups in total. The van der Waals surface area contributed by atoms with E-state index >= 15 is 0 Å². The molecule has 0 spiro atoms. The smallest absolute Gasteiger partial charge is 0.271 e. The third-order valence-corrected chi connectivity index (χ3v) is 4.45. The first kappa shape index (κ1) is 16.4. The SMILES string of the molecule is COc1ccc(C(=O)N/N=C\c2cccc3ccccc23)cc1I. The van der Waals surface area contributed by atoms with Crippen molar-refractivity contribution in [3.63, 3.8) is 0 Å². The summed E-state index contributed by atoms with van der Waals surface area (Å²) in [6.45, 7) is 0. The van der Waals surface area contributed by atoms with E-state index in [2.05, 4.69) is 33.1 Å². The molecule has 4 nitrogen and oxygen atoms in total. The number of nitrogens with zero attached hydrogens (tertiary/aromatic N) is 1. The third kappa shape index (κ3) is 3.56. The highest BCUT2D eigenvalue weighted by Crippen LogP contribution is 2.21. The summed E-state index contributed by atoms with van der Waals surface area (Å²) in [6.07, 6.45) is 1.66. The summed E-state index contributed by atoms with van der Waals surface area (Å²) < 4.78 is 6.07. The summed E-state index contributed by atoms with van der Waals surface area (Å²) in [6, 6.07) is 19.3. The number of nitrogens with one attached hydrogen (secondary N) is 1. The summed E-state index contributed by atoms with van der Waals surface area (Å²) in [5, 5.41) is 6.31. The average Bonchev–Trinajstić information content (AvgIpc) is 2.61. The minimum Gasteiger partial charge on any atom is -0.496 e. The number of rotatable bonds is 4. The van der Waals surface area contributed by atoms with E-state index in [-0.39, 0.29) is 5.91 Å². The van der Waals surface area contributed by atoms with Crippen molar-refractivity contribution in [2.45, 2.75) is 0 Å². The maximum absolute atomic E-state index is 12.2. The number of carbonyl (C=O) groups is 1. The Morgan fingerprint density at radius 2 is 1.92 bits per heavy atom. The van der Waals surface area contributed by atoms with Crippen molar-refractivity contribution < 1.29 is 9.53 Å². The first-order valence-electron chi connectivity index (χ1n) is 7.34. The number of carbonyl (C=O) groups excluding carboxylic acids is 1. The molecular weight excluding hydrogens is 415 g/mol. The minimum atomic E-state index is -0.257. The Morgan fingerprint density at radius 3 is 2.71 bits per heavy atom. The van der Waals surface area contributed by atoms with E-state index in [1.54, 1.807) is 31.5 Å². The monoisotopic (exact) mass is 430 g/mol. The number of hydrogen-bond acceptors (Lipinski definition) is 3. The second-order valence-electron chi connectivity index (χ2n) is 5.12. The molecule has 0 bridgehead atoms. The fraction of sp³-hybridized carbons (Fsp3) is 0.0526. The lowest BCUT2D eigenvalue weighted by molar-refractivity contribution is 0.0955. The average molecular weight is 430 g/mol. The van der Waals surface area contributed by atoms with Crippen LogP contribution in [0.25, 0.3) is 10.8 Å². The van der Waals surface area contributed by atoms with Gasteiger partial charge in [-0.2, -0.15) is 5.10 Å². The van der Waals surface area contributed by atoms with Gasteiger partial charge >= 0.3 is 0 Å². The Balaban J connectivity index is 1.76. The van der Waals surface area contributed by atoms with Gasteiger partial charge in [0.05, 0.1) is 16.9 Å². The first-order chi connectivity index (χ1) is 11.7. The highest BCUT2D eigenvalue weighted by atomic mass is 127. The Labute approximate surface area is 153 Å². The molecule has 0 saturated carbocycles. The van der Waals surface area contributed by atoms with Gasteiger partial charge in [0.2, 0.25) is 0 Å². The Hall–Kier alpha value is -2.41. The standard InChI is InChI=1S/C19H15IN2O2/c1-24-18-10-9-14(11-17(18)20)19(23)22-21-12-15-7-4-6-13-5-2-3-8-16(13)15/h2-12H,1H3,(H,22,23)/b21-12-. The predicted molar refractivity (Wildman–Crippen MR) is 105 cm³/mol. The van der Waals surface area contributed by atoms with Crippen molar-refractivity contribution in [2.75, 3.05) is 7.11 Å². The molecule has 0 saturated heterocycles. The molecule has 3 rings (SSSR count). The zero-order valence-corrected chi connectivity index (χ0v) is 15.2. The van der Waals surface area contributed by atoms with Crippen LogP contribution >= 0.6 is 22.6 Å². The van der Waals surface area contributed by atoms with Crippen LogP contribution in [-0.4, -0.2) is 19.2 Å². The second-order valence-corrected chi connectivity index (χ2v) is 6.28. The van der Waals surface area contributed by atoms with Gasteiger partial charge in [0.15, 0.2) is 0 Å². The second kappa shape index (κ2) is 7.44. The highest BCUT2D eigenvalue weighted by Gasteiger charge is 2.08. The van der Waals surface area contributed by atoms with Crippen molar-refractivity contribution in [2.24, 2.45) is 5.10 Å². The van der Waals surface area contributed by atoms with Gasteiger partial charge in [-0.1, -0.05) is 42.5 Å². The molecule has 5 heteroatoms. The van der Waals surface area contributed by atoms with Gasteiger partial charge in [0.1, 0.15) is 5.75 Å². The number of hydrogen-bond donors (Lipinski definition) is 1. The largest absolute Gasteiger partial charge is 0.496 e. The quantitative estimate of drug-likeness (QED) is 0.383. The van der Waals surface area contributed by atoms with E-state index in [1.807, 2.05) is 42.5 Å². The van der Waals surface area contributed by atoms with E-state index in [9.17, 15) is 4.79 Å². The molecule has 0 fully saturated rings. The lowest BCUT2D eigenvalue weighted by Crippen LogP contribution is -2.17. The maximum atomic E-state index is 12.2. The van der Waals surface area contributed by atoms with Gasteiger partial charge in [0, 0.05) is 11.1 Å². The highest BCUT2D eigenvalue weighted by molar-refractivity contribution is 14.1. The molecule has 0 aliphatic rings. The fourth-order valence-electron chi connectivity index (χ4n) is 2.40. The maximum Gasteiger partial charge on any atom is 0.271 e. The van der Waals surface area contributed by atoms with E-state index < -0.39 is 0 Å². The summed E-state index contributed by atoms with van der Waals surface area (Å²) in [4.78, 5) is 12.2. The number of halogens is 1. The normalized spacial score (nSPS) is 10.9. The molecule has 24 heavy (non-hydrogen) atoms. The summed E-state index contributed by atoms with van der Waals surface area (Å²) in [7, 11) is 1.60. The number of benzene rings is 3. The number of ether oxygens (including phenoxy) is 1. The van der Waals surface area contributed by atoms with Gasteiger partial charge in [0.25, 0.3) is 5.91 Å². The van der Waals surface area contributed by atoms with E-state index in [0.29, 0.717) is 5.56 Å². The number of amides is 1. The van der Waals surface area contributed by atoms with Gasteiger partial charge < -0.3 is 4.74 Å². The molecule has 0 radical (unpaired) electrons. The molecule has 3 aromatic carbocycles. The molecule has 0 heterocycles. The zero-order valence-electron chi connectivity index (χ0n) is 13.0. The summed E-state index contributed by atoms with van der Waals surface area (Å²) >= 11 is 2.13. The van der Waals surface area contributed by atoms with Crippen molar-refractivity contribution >= 4 is 45.5 Å². The van der Waals surface area contributed by atoms with Crippen LogP contribution in [-0.2, 0) is 0 Å². The number of hydrazone groups is 1. The fourth-order valence-corrected chi connectivity index (χ4v) is 3.13. The molecule has 3 aromatic rings. The van der Waals surface area contributed by atoms with Crippen molar-refractivity contribution in [1.29, 1.82) is 0 Å². The molecule has 0 aromatic heterocycles. The molecule has 0 aliphatic carbocycles. The molecular formula is C19H15IN2O2. The molecule has 0 atom stereocenters. The number of fused-ring (bicyclic) bond motifs is 1. The van der Waals surface area contributed by atoms with Crippen LogP contribution in [0.3, 0.4) is 0 Å². The van der Waals surface area contributed by atoms with Gasteiger partial charge in [-0.05, 0) is 51.6 Å². The van der Waals surface area contributed by atoms with Gasteiger partial charge in [-0.15, -0.1) is 0 Å². The van der Waals surface area contributed by atoms with Gasteiger partial charge in [-0.25, -0.2) is 5.43 Å². The van der Waals surface area contributed by atoms with Crippen LogP contribution in [0.1, 0.15) is 15.9 Å². The Kier molecular flexibility index (Phi) is 5.10. The summed E-state index contributed by atoms with van der Waals surface area (Å²) in [5.74, 6) is 0.485. The van der Waals surface area contributed by atoms with E-state index in [1.165, 1.54) is 0 Å². The van der Waals surface area contributed by atoms with Crippen LogP contribution in [0.4, 0.5) is 0 Å². The first-order valence-corrected chi connectivity index (χ1v) is 8.41. The van der Waals surface area contributed by atoms with Crippen LogP contribution in [0.2, 0.25) is 0 Å². The van der Waals surface area contributed by atoms with Crippen molar-refractivity contribution in [3.05, 3.63) is 75.4 Å². The van der Waals surface area contributed by atoms with Crippen molar-refractivity contribution in [3.8, 4) is 5.75 Å². The molecule has 1 amide bonds. The summed E-state index contributed by atoms with van der Waals surface area (Å²) in [5.41, 5.74) is 4.06. The molecule has 0 aliphatic heterocycles. The molecule has 0 unspecified atom stereocenters. The number of methoxy groups -OCH3 is 1. The minimum absolute atomic E-state index is 0.257. The van der Waals surface area contributed by atoms with E-state index in [4.69, 9.17) is 4.74 Å². The lowest BCUT2D eigenvalue weighted by atomic mass is 10.1.